The lowest BCUT2D eigenvalue weighted by Gasteiger charge is -2.11. The Morgan fingerprint density at radius 2 is 1.86 bits per heavy atom. The minimum atomic E-state index is -2.46. The number of benzene rings is 2. The topological polar surface area (TPSA) is 75.6 Å². The van der Waals surface area contributed by atoms with Crippen LogP contribution in [0.15, 0.2) is 48.5 Å². The third kappa shape index (κ3) is 4.37. The lowest BCUT2D eigenvalue weighted by atomic mass is 10.2. The van der Waals surface area contributed by atoms with Crippen molar-refractivity contribution in [3.8, 4) is 5.75 Å². The van der Waals surface area contributed by atoms with E-state index in [0.29, 0.717) is 5.30 Å². The zero-order valence-corrected chi connectivity index (χ0v) is 13.3. The second kappa shape index (κ2) is 6.67. The van der Waals surface area contributed by atoms with Crippen LogP contribution >= 0.6 is 7.14 Å². The molecule has 0 bridgehead atoms. The molecule has 0 fully saturated rings. The third-order valence-corrected chi connectivity index (χ3v) is 4.57. The molecule has 0 aliphatic rings. The summed E-state index contributed by atoms with van der Waals surface area (Å²) < 4.78 is 17.0. The molecule has 0 aromatic heterocycles. The zero-order chi connectivity index (χ0) is 16.2. The van der Waals surface area contributed by atoms with Crippen molar-refractivity contribution in [2.75, 3.05) is 18.6 Å². The number of hydrogen-bond donors (Lipinski definition) is 2. The largest absolute Gasteiger partial charge is 0.506 e. The molecular formula is C16H18NO4P. The number of amides is 1. The molecule has 0 radical (unpaired) electrons. The van der Waals surface area contributed by atoms with Crippen LogP contribution in [0, 0.1) is 0 Å². The van der Waals surface area contributed by atoms with Gasteiger partial charge in [-0.2, -0.15) is 0 Å². The van der Waals surface area contributed by atoms with E-state index >= 15 is 0 Å². The lowest BCUT2D eigenvalue weighted by molar-refractivity contribution is 0.155. The van der Waals surface area contributed by atoms with E-state index in [2.05, 4.69) is 5.32 Å². The number of nitrogens with one attached hydrogen (secondary N) is 1. The number of anilines is 1. The van der Waals surface area contributed by atoms with Gasteiger partial charge in [0.2, 0.25) is 0 Å². The van der Waals surface area contributed by atoms with Crippen molar-refractivity contribution in [1.82, 2.24) is 0 Å². The van der Waals surface area contributed by atoms with Gasteiger partial charge in [0.1, 0.15) is 19.5 Å². The predicted molar refractivity (Wildman–Crippen MR) is 87.4 cm³/mol. The van der Waals surface area contributed by atoms with Crippen molar-refractivity contribution in [3.05, 3.63) is 54.1 Å². The molecule has 6 heteroatoms. The molecule has 0 saturated carbocycles. The molecule has 2 rings (SSSR count). The minimum Gasteiger partial charge on any atom is -0.506 e. The van der Waals surface area contributed by atoms with Gasteiger partial charge in [-0.3, -0.25) is 5.32 Å². The summed E-state index contributed by atoms with van der Waals surface area (Å²) in [6.45, 7) is 3.37. The highest BCUT2D eigenvalue weighted by Gasteiger charge is 2.14. The van der Waals surface area contributed by atoms with Crippen molar-refractivity contribution < 1.29 is 19.2 Å². The Kier molecular flexibility index (Phi) is 4.88. The number of carbonyl (C=O) groups is 1. The highest BCUT2D eigenvalue weighted by Crippen LogP contribution is 2.37. The van der Waals surface area contributed by atoms with Gasteiger partial charge in [-0.05, 0) is 37.1 Å². The average molecular weight is 319 g/mol. The van der Waals surface area contributed by atoms with Gasteiger partial charge in [-0.25, -0.2) is 4.79 Å². The standard InChI is InChI=1S/C16H18NO4P/c1-22(2,20)13-8-9-14(15(18)10-13)17-16(19)21-11-12-6-4-3-5-7-12/h3-10,18H,11H2,1-2H3,(H,17,19). The molecular weight excluding hydrogens is 301 g/mol. The summed E-state index contributed by atoms with van der Waals surface area (Å²) in [5, 5.41) is 12.9. The van der Waals surface area contributed by atoms with Crippen LogP contribution in [0.3, 0.4) is 0 Å². The summed E-state index contributed by atoms with van der Waals surface area (Å²) in [6, 6.07) is 13.8. The Morgan fingerprint density at radius 3 is 2.45 bits per heavy atom. The average Bonchev–Trinajstić information content (AvgIpc) is 2.47. The minimum absolute atomic E-state index is 0.141. The van der Waals surface area contributed by atoms with Crippen molar-refractivity contribution in [2.45, 2.75) is 6.61 Å². The SMILES string of the molecule is CP(C)(=O)c1ccc(NC(=O)OCc2ccccc2)c(O)c1. The number of carbonyl (C=O) groups excluding carboxylic acids is 1. The molecule has 0 spiro atoms. The predicted octanol–water partition coefficient (Wildman–Crippen LogP) is 3.39. The molecule has 0 aliphatic heterocycles. The number of ether oxygens (including phenoxy) is 1. The Hall–Kier alpha value is -2.26. The van der Waals surface area contributed by atoms with E-state index in [1.165, 1.54) is 12.1 Å². The van der Waals surface area contributed by atoms with Crippen molar-refractivity contribution >= 4 is 24.2 Å². The molecule has 0 heterocycles. The number of phenols is 1. The van der Waals surface area contributed by atoms with Crippen LogP contribution in [-0.2, 0) is 15.9 Å². The fourth-order valence-electron chi connectivity index (χ4n) is 1.83. The number of aromatic hydroxyl groups is 1. The van der Waals surface area contributed by atoms with E-state index in [1.807, 2.05) is 30.3 Å². The lowest BCUT2D eigenvalue weighted by Crippen LogP contribution is -2.14. The molecule has 2 aromatic rings. The number of phenolic OH excluding ortho intramolecular Hbond substituents is 1. The molecule has 22 heavy (non-hydrogen) atoms. The molecule has 5 nitrogen and oxygen atoms in total. The van der Waals surface area contributed by atoms with E-state index in [0.717, 1.165) is 5.56 Å². The Bertz CT molecular complexity index is 709. The third-order valence-electron chi connectivity index (χ3n) is 3.05. The first-order valence-corrected chi connectivity index (χ1v) is 9.32. The van der Waals surface area contributed by atoms with Crippen LogP contribution in [0.2, 0.25) is 0 Å². The van der Waals surface area contributed by atoms with Crippen LogP contribution in [0.5, 0.6) is 5.75 Å². The van der Waals surface area contributed by atoms with E-state index < -0.39 is 13.2 Å². The fourth-order valence-corrected chi connectivity index (χ4v) is 2.70. The van der Waals surface area contributed by atoms with Gasteiger partial charge in [-0.1, -0.05) is 30.3 Å². The second-order valence-corrected chi connectivity index (χ2v) is 8.46. The fraction of sp³-hybridized carbons (Fsp3) is 0.188. The van der Waals surface area contributed by atoms with Crippen LogP contribution < -0.4 is 10.6 Å². The summed E-state index contributed by atoms with van der Waals surface area (Å²) in [5.41, 5.74) is 1.09. The summed E-state index contributed by atoms with van der Waals surface area (Å²) in [5.74, 6) is -0.141. The molecule has 2 aromatic carbocycles. The van der Waals surface area contributed by atoms with Crippen LogP contribution in [0.4, 0.5) is 10.5 Å². The maximum Gasteiger partial charge on any atom is 0.412 e. The quantitative estimate of drug-likeness (QED) is 0.669. The molecule has 0 aliphatic carbocycles. The Morgan fingerprint density at radius 1 is 1.18 bits per heavy atom. The van der Waals surface area contributed by atoms with Crippen molar-refractivity contribution in [2.24, 2.45) is 0 Å². The Labute approximate surface area is 129 Å². The molecule has 0 atom stereocenters. The van der Waals surface area contributed by atoms with Gasteiger partial charge in [0.25, 0.3) is 0 Å². The molecule has 1 amide bonds. The van der Waals surface area contributed by atoms with Gasteiger partial charge in [0.15, 0.2) is 0 Å². The monoisotopic (exact) mass is 319 g/mol. The van der Waals surface area contributed by atoms with E-state index in [1.54, 1.807) is 19.4 Å². The van der Waals surface area contributed by atoms with Crippen molar-refractivity contribution in [3.63, 3.8) is 0 Å². The molecule has 116 valence electrons. The maximum atomic E-state index is 11.9. The maximum absolute atomic E-state index is 11.9. The summed E-state index contributed by atoms with van der Waals surface area (Å²) >= 11 is 0. The van der Waals surface area contributed by atoms with Crippen LogP contribution in [0.25, 0.3) is 0 Å². The Balaban J connectivity index is 1.98. The van der Waals surface area contributed by atoms with Crippen molar-refractivity contribution in [1.29, 1.82) is 0 Å². The van der Waals surface area contributed by atoms with Crippen LogP contribution in [0.1, 0.15) is 5.56 Å². The molecule has 0 unspecified atom stereocenters. The van der Waals surface area contributed by atoms with E-state index in [9.17, 15) is 14.5 Å². The molecule has 0 saturated heterocycles. The van der Waals surface area contributed by atoms with Gasteiger partial charge in [0.05, 0.1) is 5.69 Å². The first-order chi connectivity index (χ1) is 10.4. The van der Waals surface area contributed by atoms with Gasteiger partial charge in [0, 0.05) is 5.30 Å². The highest BCUT2D eigenvalue weighted by atomic mass is 31.2. The van der Waals surface area contributed by atoms with Gasteiger partial charge >= 0.3 is 6.09 Å². The second-order valence-electron chi connectivity index (χ2n) is 5.24. The van der Waals surface area contributed by atoms with Gasteiger partial charge in [-0.15, -0.1) is 0 Å². The summed E-state index contributed by atoms with van der Waals surface area (Å²) in [6.07, 6.45) is -0.664. The first-order valence-electron chi connectivity index (χ1n) is 6.72. The summed E-state index contributed by atoms with van der Waals surface area (Å²) in [4.78, 5) is 11.7. The smallest absolute Gasteiger partial charge is 0.412 e. The zero-order valence-electron chi connectivity index (χ0n) is 12.4. The van der Waals surface area contributed by atoms with Gasteiger partial charge < -0.3 is 14.4 Å². The van der Waals surface area contributed by atoms with E-state index in [-0.39, 0.29) is 18.0 Å². The highest BCUT2D eigenvalue weighted by molar-refractivity contribution is 7.70. The number of hydrogen-bond acceptors (Lipinski definition) is 4. The molecule has 2 N–H and O–H groups in total. The van der Waals surface area contributed by atoms with Crippen LogP contribution in [-0.4, -0.2) is 24.5 Å². The summed E-state index contributed by atoms with van der Waals surface area (Å²) in [7, 11) is -2.46. The normalized spacial score (nSPS) is 11.0. The van der Waals surface area contributed by atoms with E-state index in [4.69, 9.17) is 4.74 Å². The number of rotatable bonds is 4. The first kappa shape index (κ1) is 16.1.